The minimum Gasteiger partial charge on any atom is -0.458 e. The van der Waals surface area contributed by atoms with Crippen LogP contribution in [0.3, 0.4) is 0 Å². The molecule has 1 fully saturated rings. The second-order valence-corrected chi connectivity index (χ2v) is 5.11. The first-order valence-electron chi connectivity index (χ1n) is 6.34. The standard InChI is InChI=1S/C14H18ClNO2/c1-11(10-16-8-4-5-9-16)18-14(17)12-6-2-3-7-13(12)15/h2-3,6-7,11H,4-5,8-10H2,1H3/t11-/m0/s1. The van der Waals surface area contributed by atoms with E-state index in [-0.39, 0.29) is 12.1 Å². The normalized spacial score (nSPS) is 17.7. The van der Waals surface area contributed by atoms with E-state index in [1.807, 2.05) is 6.92 Å². The van der Waals surface area contributed by atoms with Crippen molar-refractivity contribution in [3.63, 3.8) is 0 Å². The minimum atomic E-state index is -0.340. The Morgan fingerprint density at radius 2 is 2.06 bits per heavy atom. The average Bonchev–Trinajstić information content (AvgIpc) is 2.82. The van der Waals surface area contributed by atoms with Gasteiger partial charge in [-0.25, -0.2) is 4.79 Å². The summed E-state index contributed by atoms with van der Waals surface area (Å²) >= 11 is 5.96. The summed E-state index contributed by atoms with van der Waals surface area (Å²) in [6.07, 6.45) is 2.38. The van der Waals surface area contributed by atoms with Crippen LogP contribution in [-0.4, -0.2) is 36.6 Å². The fraction of sp³-hybridized carbons (Fsp3) is 0.500. The fourth-order valence-electron chi connectivity index (χ4n) is 2.24. The number of halogens is 1. The van der Waals surface area contributed by atoms with Crippen LogP contribution in [0.5, 0.6) is 0 Å². The van der Waals surface area contributed by atoms with Gasteiger partial charge in [0.15, 0.2) is 0 Å². The van der Waals surface area contributed by atoms with E-state index in [0.717, 1.165) is 19.6 Å². The molecule has 0 unspecified atom stereocenters. The molecule has 0 bridgehead atoms. The molecular weight excluding hydrogens is 250 g/mol. The highest BCUT2D eigenvalue weighted by Crippen LogP contribution is 2.17. The summed E-state index contributed by atoms with van der Waals surface area (Å²) in [5.41, 5.74) is 0.437. The lowest BCUT2D eigenvalue weighted by molar-refractivity contribution is 0.0271. The van der Waals surface area contributed by atoms with Gasteiger partial charge in [0.1, 0.15) is 6.10 Å². The highest BCUT2D eigenvalue weighted by Gasteiger charge is 2.19. The Morgan fingerprint density at radius 1 is 1.39 bits per heavy atom. The van der Waals surface area contributed by atoms with E-state index in [9.17, 15) is 4.79 Å². The number of nitrogens with zero attached hydrogens (tertiary/aromatic N) is 1. The third-order valence-corrected chi connectivity index (χ3v) is 3.45. The Kier molecular flexibility index (Phi) is 4.61. The number of esters is 1. The quantitative estimate of drug-likeness (QED) is 0.786. The second kappa shape index (κ2) is 6.21. The highest BCUT2D eigenvalue weighted by molar-refractivity contribution is 6.33. The number of hydrogen-bond donors (Lipinski definition) is 0. The zero-order chi connectivity index (χ0) is 13.0. The predicted molar refractivity (Wildman–Crippen MR) is 72.0 cm³/mol. The number of carbonyl (C=O) groups excluding carboxylic acids is 1. The van der Waals surface area contributed by atoms with Gasteiger partial charge in [-0.05, 0) is 45.0 Å². The van der Waals surface area contributed by atoms with Gasteiger partial charge >= 0.3 is 5.97 Å². The summed E-state index contributed by atoms with van der Waals surface area (Å²) in [7, 11) is 0. The van der Waals surface area contributed by atoms with Gasteiger partial charge in [-0.3, -0.25) is 4.90 Å². The Labute approximate surface area is 113 Å². The van der Waals surface area contributed by atoms with Crippen LogP contribution >= 0.6 is 11.6 Å². The number of hydrogen-bond acceptors (Lipinski definition) is 3. The summed E-state index contributed by atoms with van der Waals surface area (Å²) in [4.78, 5) is 14.2. The summed E-state index contributed by atoms with van der Waals surface area (Å²) in [5, 5.41) is 0.441. The molecule has 0 amide bonds. The lowest BCUT2D eigenvalue weighted by Crippen LogP contribution is -2.31. The Hall–Kier alpha value is -1.06. The van der Waals surface area contributed by atoms with Crippen LogP contribution < -0.4 is 0 Å². The number of ether oxygens (including phenoxy) is 1. The molecule has 1 aromatic carbocycles. The molecule has 3 nitrogen and oxygen atoms in total. The topological polar surface area (TPSA) is 29.5 Å². The summed E-state index contributed by atoms with van der Waals surface area (Å²) in [6.45, 7) is 4.94. The highest BCUT2D eigenvalue weighted by atomic mass is 35.5. The van der Waals surface area contributed by atoms with Crippen molar-refractivity contribution < 1.29 is 9.53 Å². The van der Waals surface area contributed by atoms with Gasteiger partial charge in [0.05, 0.1) is 10.6 Å². The molecule has 1 heterocycles. The molecule has 2 rings (SSSR count). The summed E-state index contributed by atoms with van der Waals surface area (Å²) in [5.74, 6) is -0.340. The molecule has 0 aromatic heterocycles. The third kappa shape index (κ3) is 3.47. The maximum atomic E-state index is 11.9. The van der Waals surface area contributed by atoms with Crippen molar-refractivity contribution in [2.45, 2.75) is 25.9 Å². The number of rotatable bonds is 4. The lowest BCUT2D eigenvalue weighted by Gasteiger charge is -2.20. The third-order valence-electron chi connectivity index (χ3n) is 3.12. The summed E-state index contributed by atoms with van der Waals surface area (Å²) in [6, 6.07) is 6.97. The fourth-order valence-corrected chi connectivity index (χ4v) is 2.45. The molecular formula is C14H18ClNO2. The van der Waals surface area contributed by atoms with Gasteiger partial charge in [-0.2, -0.15) is 0 Å². The molecule has 1 aliphatic heterocycles. The van der Waals surface area contributed by atoms with Crippen molar-refractivity contribution in [1.82, 2.24) is 4.90 Å². The van der Waals surface area contributed by atoms with Crippen molar-refractivity contribution in [2.24, 2.45) is 0 Å². The molecule has 98 valence electrons. The zero-order valence-corrected chi connectivity index (χ0v) is 11.3. The van der Waals surface area contributed by atoms with Gasteiger partial charge in [0, 0.05) is 6.54 Å². The van der Waals surface area contributed by atoms with Crippen LogP contribution in [0, 0.1) is 0 Å². The van der Waals surface area contributed by atoms with Gasteiger partial charge in [-0.1, -0.05) is 23.7 Å². The van der Waals surface area contributed by atoms with E-state index in [0.29, 0.717) is 10.6 Å². The predicted octanol–water partition coefficient (Wildman–Crippen LogP) is 2.98. The second-order valence-electron chi connectivity index (χ2n) is 4.70. The van der Waals surface area contributed by atoms with Gasteiger partial charge in [-0.15, -0.1) is 0 Å². The Bertz CT molecular complexity index is 416. The first kappa shape index (κ1) is 13.4. The van der Waals surface area contributed by atoms with Crippen LogP contribution in [0.25, 0.3) is 0 Å². The number of benzene rings is 1. The molecule has 0 radical (unpaired) electrons. The van der Waals surface area contributed by atoms with E-state index in [1.54, 1.807) is 24.3 Å². The van der Waals surface area contributed by atoms with Crippen molar-refractivity contribution in [1.29, 1.82) is 0 Å². The molecule has 0 N–H and O–H groups in total. The lowest BCUT2D eigenvalue weighted by atomic mass is 10.2. The van der Waals surface area contributed by atoms with Gasteiger partial charge in [0.25, 0.3) is 0 Å². The van der Waals surface area contributed by atoms with Gasteiger partial charge < -0.3 is 4.74 Å². The minimum absolute atomic E-state index is 0.105. The van der Waals surface area contributed by atoms with Crippen LogP contribution in [-0.2, 0) is 4.74 Å². The number of likely N-dealkylation sites (tertiary alicyclic amines) is 1. The molecule has 1 atom stereocenters. The van der Waals surface area contributed by atoms with Crippen LogP contribution in [0.15, 0.2) is 24.3 Å². The van der Waals surface area contributed by atoms with Crippen molar-refractivity contribution >= 4 is 17.6 Å². The van der Waals surface area contributed by atoms with Crippen LogP contribution in [0.4, 0.5) is 0 Å². The Balaban J connectivity index is 1.88. The smallest absolute Gasteiger partial charge is 0.339 e. The number of carbonyl (C=O) groups is 1. The Morgan fingerprint density at radius 3 is 2.72 bits per heavy atom. The molecule has 0 saturated carbocycles. The average molecular weight is 268 g/mol. The molecule has 1 aromatic rings. The van der Waals surface area contributed by atoms with E-state index in [1.165, 1.54) is 12.8 Å². The maximum absolute atomic E-state index is 11.9. The zero-order valence-electron chi connectivity index (χ0n) is 10.6. The molecule has 1 saturated heterocycles. The van der Waals surface area contributed by atoms with E-state index < -0.39 is 0 Å². The maximum Gasteiger partial charge on any atom is 0.339 e. The first-order valence-corrected chi connectivity index (χ1v) is 6.72. The van der Waals surface area contributed by atoms with Crippen molar-refractivity contribution in [2.75, 3.05) is 19.6 Å². The van der Waals surface area contributed by atoms with E-state index >= 15 is 0 Å². The van der Waals surface area contributed by atoms with Gasteiger partial charge in [0.2, 0.25) is 0 Å². The molecule has 0 spiro atoms. The van der Waals surface area contributed by atoms with Crippen LogP contribution in [0.2, 0.25) is 5.02 Å². The van der Waals surface area contributed by atoms with E-state index in [2.05, 4.69) is 4.90 Å². The molecule has 4 heteroatoms. The van der Waals surface area contributed by atoms with Crippen molar-refractivity contribution in [3.8, 4) is 0 Å². The van der Waals surface area contributed by atoms with Crippen molar-refractivity contribution in [3.05, 3.63) is 34.9 Å². The van der Waals surface area contributed by atoms with Crippen LogP contribution in [0.1, 0.15) is 30.1 Å². The van der Waals surface area contributed by atoms with E-state index in [4.69, 9.17) is 16.3 Å². The SMILES string of the molecule is C[C@@H](CN1CCCC1)OC(=O)c1ccccc1Cl. The molecule has 0 aliphatic carbocycles. The summed E-state index contributed by atoms with van der Waals surface area (Å²) < 4.78 is 5.41. The largest absolute Gasteiger partial charge is 0.458 e. The monoisotopic (exact) mass is 267 g/mol. The molecule has 1 aliphatic rings. The molecule has 18 heavy (non-hydrogen) atoms. The first-order chi connectivity index (χ1) is 8.66.